The zero-order valence-electron chi connectivity index (χ0n) is 12.9. The van der Waals surface area contributed by atoms with Crippen LogP contribution in [0.4, 0.5) is 10.7 Å². The average molecular weight is 312 g/mol. The number of thiophene rings is 1. The molecule has 0 aliphatic heterocycles. The van der Waals surface area contributed by atoms with Crippen LogP contribution >= 0.6 is 11.3 Å². The first-order chi connectivity index (χ1) is 10.1. The molecule has 0 amide bonds. The minimum absolute atomic E-state index is 0.335. The number of nitrogens with two attached hydrogens (primary N) is 1. The normalized spacial score (nSPS) is 21.9. The molecule has 0 saturated heterocycles. The number of carbonyl (C=O) groups is 1. The molecule has 2 rings (SSSR count). The molecule has 1 aliphatic carbocycles. The molecule has 1 fully saturated rings. The molecule has 1 aromatic rings. The lowest BCUT2D eigenvalue weighted by atomic mass is 9.87. The highest BCUT2D eigenvalue weighted by Gasteiger charge is 2.25. The van der Waals surface area contributed by atoms with E-state index in [1.165, 1.54) is 24.2 Å². The molecule has 1 aromatic heterocycles. The van der Waals surface area contributed by atoms with Gasteiger partial charge in [-0.2, -0.15) is 0 Å². The number of nitrogen functional groups attached to an aromatic ring is 1. The van der Waals surface area contributed by atoms with Gasteiger partial charge in [-0.25, -0.2) is 4.79 Å². The standard InChI is InChI=1S/C15H24N2O3S/c1-4-20-15(18)13-11(16)12(19-3)14(21-13)17-10-7-5-9(2)6-8-10/h9-10,17H,4-8,16H2,1-3H3. The van der Waals surface area contributed by atoms with Gasteiger partial charge < -0.3 is 20.5 Å². The van der Waals surface area contributed by atoms with Crippen LogP contribution in [0.1, 0.15) is 49.2 Å². The monoisotopic (exact) mass is 312 g/mol. The van der Waals surface area contributed by atoms with Crippen LogP contribution in [-0.4, -0.2) is 25.7 Å². The van der Waals surface area contributed by atoms with Gasteiger partial charge in [-0.15, -0.1) is 11.3 Å². The number of anilines is 2. The summed E-state index contributed by atoms with van der Waals surface area (Å²) in [5.41, 5.74) is 6.39. The Labute approximate surface area is 129 Å². The van der Waals surface area contributed by atoms with Crippen LogP contribution in [0.3, 0.4) is 0 Å². The summed E-state index contributed by atoms with van der Waals surface area (Å²) in [6.07, 6.45) is 4.73. The van der Waals surface area contributed by atoms with Crippen molar-refractivity contribution in [1.29, 1.82) is 0 Å². The molecule has 1 aliphatic rings. The fourth-order valence-corrected chi connectivity index (χ4v) is 3.73. The summed E-state index contributed by atoms with van der Waals surface area (Å²) < 4.78 is 10.4. The number of methoxy groups -OCH3 is 1. The zero-order valence-corrected chi connectivity index (χ0v) is 13.7. The maximum absolute atomic E-state index is 11.9. The van der Waals surface area contributed by atoms with E-state index in [0.29, 0.717) is 29.0 Å². The molecular weight excluding hydrogens is 288 g/mol. The van der Waals surface area contributed by atoms with Gasteiger partial charge in [-0.3, -0.25) is 0 Å². The SMILES string of the molecule is CCOC(=O)c1sc(NC2CCC(C)CC2)c(OC)c1N. The second kappa shape index (κ2) is 7.02. The Balaban J connectivity index is 2.15. The molecule has 5 nitrogen and oxygen atoms in total. The molecule has 3 N–H and O–H groups in total. The Hall–Kier alpha value is -1.43. The summed E-state index contributed by atoms with van der Waals surface area (Å²) in [5.74, 6) is 0.971. The highest BCUT2D eigenvalue weighted by Crippen LogP contribution is 2.44. The third kappa shape index (κ3) is 3.61. The molecule has 118 valence electrons. The lowest BCUT2D eigenvalue weighted by Crippen LogP contribution is -2.24. The predicted molar refractivity (Wildman–Crippen MR) is 86.3 cm³/mol. The van der Waals surface area contributed by atoms with Crippen molar-refractivity contribution in [3.8, 4) is 5.75 Å². The number of hydrogen-bond donors (Lipinski definition) is 2. The van der Waals surface area contributed by atoms with E-state index >= 15 is 0 Å². The van der Waals surface area contributed by atoms with Crippen LogP contribution in [0.15, 0.2) is 0 Å². The zero-order chi connectivity index (χ0) is 15.4. The number of hydrogen-bond acceptors (Lipinski definition) is 6. The van der Waals surface area contributed by atoms with Gasteiger partial charge in [-0.05, 0) is 38.5 Å². The Morgan fingerprint density at radius 1 is 1.38 bits per heavy atom. The number of carbonyl (C=O) groups excluding carboxylic acids is 1. The van der Waals surface area contributed by atoms with Gasteiger partial charge >= 0.3 is 5.97 Å². The van der Waals surface area contributed by atoms with Crippen LogP contribution in [0.2, 0.25) is 0 Å². The van der Waals surface area contributed by atoms with Crippen molar-refractivity contribution in [2.75, 3.05) is 24.8 Å². The van der Waals surface area contributed by atoms with E-state index in [-0.39, 0.29) is 5.97 Å². The lowest BCUT2D eigenvalue weighted by molar-refractivity contribution is 0.0533. The van der Waals surface area contributed by atoms with Crippen molar-refractivity contribution in [3.05, 3.63) is 4.88 Å². The first-order valence-corrected chi connectivity index (χ1v) is 8.28. The number of rotatable bonds is 5. The van der Waals surface area contributed by atoms with E-state index in [9.17, 15) is 4.79 Å². The van der Waals surface area contributed by atoms with Crippen molar-refractivity contribution < 1.29 is 14.3 Å². The third-order valence-electron chi connectivity index (χ3n) is 3.92. The van der Waals surface area contributed by atoms with Crippen molar-refractivity contribution in [2.45, 2.75) is 45.6 Å². The van der Waals surface area contributed by atoms with E-state index in [0.717, 1.165) is 23.8 Å². The third-order valence-corrected chi connectivity index (χ3v) is 5.01. The van der Waals surface area contributed by atoms with Crippen LogP contribution in [-0.2, 0) is 4.74 Å². The van der Waals surface area contributed by atoms with Crippen LogP contribution < -0.4 is 15.8 Å². The maximum Gasteiger partial charge on any atom is 0.350 e. The first-order valence-electron chi connectivity index (χ1n) is 7.46. The van der Waals surface area contributed by atoms with Gasteiger partial charge in [0, 0.05) is 6.04 Å². The van der Waals surface area contributed by atoms with E-state index in [2.05, 4.69) is 12.2 Å². The van der Waals surface area contributed by atoms with Gasteiger partial charge in [-0.1, -0.05) is 6.92 Å². The average Bonchev–Trinajstić information content (AvgIpc) is 2.78. The largest absolute Gasteiger partial charge is 0.492 e. The minimum Gasteiger partial charge on any atom is -0.492 e. The highest BCUT2D eigenvalue weighted by atomic mass is 32.1. The molecule has 0 atom stereocenters. The van der Waals surface area contributed by atoms with Crippen LogP contribution in [0.5, 0.6) is 5.75 Å². The van der Waals surface area contributed by atoms with Crippen molar-refractivity contribution in [1.82, 2.24) is 0 Å². The van der Waals surface area contributed by atoms with Crippen molar-refractivity contribution in [3.63, 3.8) is 0 Å². The van der Waals surface area contributed by atoms with Crippen LogP contribution in [0.25, 0.3) is 0 Å². The molecular formula is C15H24N2O3S. The topological polar surface area (TPSA) is 73.6 Å². The molecule has 6 heteroatoms. The molecule has 0 bridgehead atoms. The molecule has 0 radical (unpaired) electrons. The quantitative estimate of drug-likeness (QED) is 0.814. The molecule has 0 aromatic carbocycles. The Morgan fingerprint density at radius 3 is 2.62 bits per heavy atom. The molecule has 0 unspecified atom stereocenters. The number of esters is 1. The summed E-state index contributed by atoms with van der Waals surface area (Å²) in [7, 11) is 1.57. The van der Waals surface area contributed by atoms with Crippen LogP contribution in [0, 0.1) is 5.92 Å². The second-order valence-electron chi connectivity index (χ2n) is 5.53. The fourth-order valence-electron chi connectivity index (χ4n) is 2.66. The molecule has 21 heavy (non-hydrogen) atoms. The Morgan fingerprint density at radius 2 is 2.05 bits per heavy atom. The van der Waals surface area contributed by atoms with E-state index < -0.39 is 0 Å². The lowest BCUT2D eigenvalue weighted by Gasteiger charge is -2.27. The van der Waals surface area contributed by atoms with E-state index in [1.807, 2.05) is 0 Å². The highest BCUT2D eigenvalue weighted by molar-refractivity contribution is 7.19. The summed E-state index contributed by atoms with van der Waals surface area (Å²) in [4.78, 5) is 12.3. The smallest absolute Gasteiger partial charge is 0.350 e. The molecule has 1 saturated carbocycles. The molecule has 1 heterocycles. The first kappa shape index (κ1) is 15.9. The van der Waals surface area contributed by atoms with Crippen molar-refractivity contribution in [2.24, 2.45) is 5.92 Å². The van der Waals surface area contributed by atoms with Gasteiger partial charge in [0.25, 0.3) is 0 Å². The summed E-state index contributed by atoms with van der Waals surface area (Å²) in [6, 6.07) is 0.420. The number of nitrogens with one attached hydrogen (secondary N) is 1. The van der Waals surface area contributed by atoms with Gasteiger partial charge in [0.15, 0.2) is 5.75 Å². The second-order valence-corrected chi connectivity index (χ2v) is 6.55. The van der Waals surface area contributed by atoms with E-state index in [4.69, 9.17) is 15.2 Å². The maximum atomic E-state index is 11.9. The predicted octanol–water partition coefficient (Wildman–Crippen LogP) is 3.51. The van der Waals surface area contributed by atoms with Crippen molar-refractivity contribution >= 4 is 28.0 Å². The molecule has 0 spiro atoms. The summed E-state index contributed by atoms with van der Waals surface area (Å²) in [6.45, 7) is 4.40. The summed E-state index contributed by atoms with van der Waals surface area (Å²) in [5, 5.41) is 4.32. The Kier molecular flexibility index (Phi) is 5.33. The van der Waals surface area contributed by atoms with E-state index in [1.54, 1.807) is 14.0 Å². The Bertz CT molecular complexity index is 493. The number of ether oxygens (including phenoxy) is 2. The minimum atomic E-state index is -0.386. The summed E-state index contributed by atoms with van der Waals surface area (Å²) >= 11 is 1.32. The fraction of sp³-hybridized carbons (Fsp3) is 0.667. The van der Waals surface area contributed by atoms with Gasteiger partial charge in [0.05, 0.1) is 13.7 Å². The van der Waals surface area contributed by atoms with Gasteiger partial charge in [0.2, 0.25) is 0 Å². The van der Waals surface area contributed by atoms with Gasteiger partial charge in [0.1, 0.15) is 15.6 Å².